The smallest absolute Gasteiger partial charge is 0.137 e. The molecule has 0 aliphatic heterocycles. The van der Waals surface area contributed by atoms with Crippen molar-refractivity contribution < 1.29 is 8.83 Å². The van der Waals surface area contributed by atoms with E-state index in [-0.39, 0.29) is 0 Å². The van der Waals surface area contributed by atoms with Crippen LogP contribution >= 0.6 is 0 Å². The van der Waals surface area contributed by atoms with E-state index in [0.717, 1.165) is 102 Å². The quantitative estimate of drug-likeness (QED) is 0.137. The molecule has 16 aromatic carbocycles. The number of nitrogens with zero attached hydrogens (tertiary/aromatic N) is 4. The van der Waals surface area contributed by atoms with Crippen LogP contribution in [-0.2, 0) is 12.8 Å². The maximum absolute atomic E-state index is 6.40. The fourth-order valence-corrected chi connectivity index (χ4v) is 16.8. The van der Waals surface area contributed by atoms with Gasteiger partial charge in [-0.1, -0.05) is 224 Å². The predicted molar refractivity (Wildman–Crippen MR) is 433 cm³/mol. The van der Waals surface area contributed by atoms with Gasteiger partial charge in [-0.3, -0.25) is 0 Å². The maximum Gasteiger partial charge on any atom is 0.137 e. The monoisotopic (exact) mass is 1330 g/mol. The summed E-state index contributed by atoms with van der Waals surface area (Å²) < 4.78 is 17.4. The molecule has 0 saturated carbocycles. The van der Waals surface area contributed by atoms with Crippen LogP contribution in [0.15, 0.2) is 373 Å². The average Bonchev–Trinajstić information content (AvgIpc) is 1.70. The Morgan fingerprint density at radius 1 is 0.221 bits per heavy atom. The first-order chi connectivity index (χ1) is 51.5. The van der Waals surface area contributed by atoms with Crippen LogP contribution in [0.25, 0.3) is 143 Å². The number of anilines is 6. The first-order valence-electron chi connectivity index (χ1n) is 35.8. The maximum atomic E-state index is 6.40. The lowest BCUT2D eigenvalue weighted by Gasteiger charge is -2.26. The zero-order valence-corrected chi connectivity index (χ0v) is 56.7. The van der Waals surface area contributed by atoms with Crippen LogP contribution in [0.4, 0.5) is 34.1 Å². The molecule has 0 saturated heterocycles. The summed E-state index contributed by atoms with van der Waals surface area (Å²) in [5, 5.41) is 9.32. The summed E-state index contributed by atoms with van der Waals surface area (Å²) in [5.74, 6) is 0. The van der Waals surface area contributed by atoms with Crippen molar-refractivity contribution in [2.75, 3.05) is 9.80 Å². The Morgan fingerprint density at radius 2 is 0.606 bits per heavy atom. The van der Waals surface area contributed by atoms with Gasteiger partial charge in [0.1, 0.15) is 22.3 Å². The molecule has 6 nitrogen and oxygen atoms in total. The molecule has 4 aromatic heterocycles. The molecule has 0 fully saturated rings. The van der Waals surface area contributed by atoms with Crippen molar-refractivity contribution >= 4 is 122 Å². The minimum Gasteiger partial charge on any atom is -0.456 e. The first-order valence-corrected chi connectivity index (χ1v) is 35.8. The number of benzene rings is 16. The normalized spacial score (nSPS) is 12.2. The summed E-state index contributed by atoms with van der Waals surface area (Å²) in [6.45, 7) is 0. The molecule has 6 heteroatoms. The summed E-state index contributed by atoms with van der Waals surface area (Å²) in [5.41, 5.74) is 33.1. The van der Waals surface area contributed by atoms with Gasteiger partial charge in [-0.15, -0.1) is 0 Å². The van der Waals surface area contributed by atoms with Crippen LogP contribution in [0, 0.1) is 0 Å². The second-order valence-electron chi connectivity index (χ2n) is 27.5. The molecule has 0 N–H and O–H groups in total. The van der Waals surface area contributed by atoms with Crippen LogP contribution in [0.5, 0.6) is 0 Å². The fourth-order valence-electron chi connectivity index (χ4n) is 16.8. The molecule has 0 amide bonds. The van der Waals surface area contributed by atoms with Crippen molar-refractivity contribution in [3.05, 3.63) is 386 Å². The molecular formula is C98H64N4O2. The van der Waals surface area contributed by atoms with E-state index in [1.807, 2.05) is 18.2 Å². The molecular weight excluding hydrogens is 1270 g/mol. The number of hydrogen-bond donors (Lipinski definition) is 0. The lowest BCUT2D eigenvalue weighted by molar-refractivity contribution is 0.668. The molecule has 4 heterocycles. The van der Waals surface area contributed by atoms with Gasteiger partial charge in [0.25, 0.3) is 0 Å². The Bertz CT molecular complexity index is 6790. The lowest BCUT2D eigenvalue weighted by Crippen LogP contribution is -2.10. The number of aromatic nitrogens is 2. The molecule has 488 valence electrons. The van der Waals surface area contributed by atoms with Gasteiger partial charge < -0.3 is 27.8 Å². The topological polar surface area (TPSA) is 42.6 Å². The van der Waals surface area contributed by atoms with Crippen LogP contribution in [-0.4, -0.2) is 9.13 Å². The Morgan fingerprint density at radius 3 is 1.17 bits per heavy atom. The minimum atomic E-state index is 0.876. The van der Waals surface area contributed by atoms with Gasteiger partial charge in [-0.2, -0.15) is 0 Å². The van der Waals surface area contributed by atoms with Gasteiger partial charge in [0.2, 0.25) is 0 Å². The van der Waals surface area contributed by atoms with E-state index >= 15 is 0 Å². The van der Waals surface area contributed by atoms with Crippen molar-refractivity contribution in [2.45, 2.75) is 12.8 Å². The van der Waals surface area contributed by atoms with Crippen LogP contribution < -0.4 is 9.80 Å². The number of para-hydroxylation sites is 6. The van der Waals surface area contributed by atoms with Crippen LogP contribution in [0.3, 0.4) is 0 Å². The summed E-state index contributed by atoms with van der Waals surface area (Å²) in [7, 11) is 0. The summed E-state index contributed by atoms with van der Waals surface area (Å²) in [4.78, 5) is 4.76. The van der Waals surface area contributed by atoms with Crippen molar-refractivity contribution in [3.8, 4) is 55.9 Å². The highest BCUT2D eigenvalue weighted by molar-refractivity contribution is 6.16. The molecule has 2 aliphatic rings. The van der Waals surface area contributed by atoms with E-state index in [1.54, 1.807) is 0 Å². The van der Waals surface area contributed by atoms with E-state index in [1.165, 1.54) is 110 Å². The number of furan rings is 2. The Kier molecular flexibility index (Phi) is 13.7. The molecule has 0 radical (unpaired) electrons. The van der Waals surface area contributed by atoms with E-state index in [0.29, 0.717) is 0 Å². The number of rotatable bonds is 10. The molecule has 0 spiro atoms. The van der Waals surface area contributed by atoms with Crippen LogP contribution in [0.1, 0.15) is 22.3 Å². The lowest BCUT2D eigenvalue weighted by atomic mass is 9.98. The largest absolute Gasteiger partial charge is 0.456 e. The number of hydrogen-bond acceptors (Lipinski definition) is 4. The second-order valence-corrected chi connectivity index (χ2v) is 27.5. The third-order valence-electron chi connectivity index (χ3n) is 21.6. The molecule has 0 unspecified atom stereocenters. The fraction of sp³-hybridized carbons (Fsp3) is 0.0204. The van der Waals surface area contributed by atoms with Gasteiger partial charge >= 0.3 is 0 Å². The average molecular weight is 1330 g/mol. The summed E-state index contributed by atoms with van der Waals surface area (Å²) >= 11 is 0. The van der Waals surface area contributed by atoms with Crippen molar-refractivity contribution in [1.82, 2.24) is 9.13 Å². The third-order valence-corrected chi connectivity index (χ3v) is 21.6. The molecule has 2 aliphatic carbocycles. The van der Waals surface area contributed by atoms with Crippen LogP contribution in [0.2, 0.25) is 0 Å². The van der Waals surface area contributed by atoms with Crippen molar-refractivity contribution in [1.29, 1.82) is 0 Å². The Balaban J connectivity index is 0.000000134. The molecule has 104 heavy (non-hydrogen) atoms. The van der Waals surface area contributed by atoms with E-state index < -0.39 is 0 Å². The standard InChI is InChI=1S/2C49H32N2O/c1-2-12-36(13-3-1)51-44-17-8-6-15-41(44)43-31-38(26-28-45(43)51)50(46-18-10-20-48-49(46)42-16-7-9-19-47(42)52-48)37-24-21-32(22-25-37)33-23-27-40-35(29-33)30-34-11-4-5-14-39(34)40;1-2-11-36(12-3-1)51-46-16-8-6-14-42(46)44-30-38(23-26-47(44)51)50(39-24-27-49-45(31-39)43-15-7-9-17-48(43)52-49)37-21-18-32(19-22-37)33-20-25-41-35(28-33)29-34-10-4-5-13-40(34)41/h1-29,31H,30H2;1-28,30-31H,29H2. The molecule has 22 rings (SSSR count). The summed E-state index contributed by atoms with van der Waals surface area (Å²) in [6, 6.07) is 132. The minimum absolute atomic E-state index is 0.876. The van der Waals surface area contributed by atoms with Gasteiger partial charge in [-0.05, 0) is 219 Å². The van der Waals surface area contributed by atoms with Crippen molar-refractivity contribution in [3.63, 3.8) is 0 Å². The van der Waals surface area contributed by atoms with Gasteiger partial charge in [0.05, 0.1) is 33.1 Å². The zero-order valence-electron chi connectivity index (χ0n) is 56.7. The molecule has 20 aromatic rings. The van der Waals surface area contributed by atoms with E-state index in [9.17, 15) is 0 Å². The first kappa shape index (κ1) is 59.2. The van der Waals surface area contributed by atoms with E-state index in [4.69, 9.17) is 8.83 Å². The Hall–Kier alpha value is -13.7. The third kappa shape index (κ3) is 9.71. The van der Waals surface area contributed by atoms with Gasteiger partial charge in [0.15, 0.2) is 0 Å². The van der Waals surface area contributed by atoms with Crippen molar-refractivity contribution in [2.24, 2.45) is 0 Å². The van der Waals surface area contributed by atoms with Gasteiger partial charge in [-0.25, -0.2) is 0 Å². The zero-order chi connectivity index (χ0) is 68.3. The molecule has 0 bridgehead atoms. The van der Waals surface area contributed by atoms with Gasteiger partial charge in [0, 0.05) is 77.5 Å². The molecule has 0 atom stereocenters. The number of fused-ring (bicyclic) bond motifs is 18. The highest BCUT2D eigenvalue weighted by atomic mass is 16.3. The predicted octanol–water partition coefficient (Wildman–Crippen LogP) is 26.8. The Labute approximate surface area is 600 Å². The van der Waals surface area contributed by atoms with E-state index in [2.05, 4.69) is 365 Å². The SMILES string of the molecule is c1ccc(-n2c3ccccc3c3cc(N(c4ccc(-c5ccc6c(c5)Cc5ccccc5-6)cc4)c4ccc5oc6ccccc6c5c4)ccc32)cc1.c1ccc(-n2c3ccccc3c3cc(N(c4ccc(-c5ccc6c(c5)Cc5ccccc5-6)cc4)c4cccc5oc6ccccc6c45)ccc32)cc1. The second kappa shape index (κ2) is 24.0. The highest BCUT2D eigenvalue weighted by Gasteiger charge is 2.26. The highest BCUT2D eigenvalue weighted by Crippen LogP contribution is 2.48. The summed E-state index contributed by atoms with van der Waals surface area (Å²) in [6.07, 6.45) is 1.97.